The number of para-hydroxylation sites is 1. The zero-order valence-electron chi connectivity index (χ0n) is 10.4. The third-order valence-corrected chi connectivity index (χ3v) is 3.82. The molecule has 0 saturated carbocycles. The summed E-state index contributed by atoms with van der Waals surface area (Å²) < 4.78 is 6.16. The predicted molar refractivity (Wildman–Crippen MR) is 79.7 cm³/mol. The lowest BCUT2D eigenvalue weighted by atomic mass is 10.1. The molecule has 1 heterocycles. The van der Waals surface area contributed by atoms with E-state index in [0.29, 0.717) is 0 Å². The van der Waals surface area contributed by atoms with Gasteiger partial charge in [-0.2, -0.15) is 0 Å². The van der Waals surface area contributed by atoms with Crippen molar-refractivity contribution in [3.8, 4) is 5.75 Å². The molecule has 0 fully saturated rings. The van der Waals surface area contributed by atoms with Crippen molar-refractivity contribution in [2.24, 2.45) is 0 Å². The van der Waals surface area contributed by atoms with Crippen molar-refractivity contribution >= 4 is 11.3 Å². The van der Waals surface area contributed by atoms with E-state index < -0.39 is 0 Å². The van der Waals surface area contributed by atoms with Crippen molar-refractivity contribution in [3.05, 3.63) is 88.6 Å². The molecule has 0 amide bonds. The molecule has 0 saturated heterocycles. The standard InChI is InChI=1S/C17H14OS/c1-3-8-14(9-4-1)17(16-12-7-13-19-16)18-15-10-5-2-6-11-15/h1-13,17H. The lowest BCUT2D eigenvalue weighted by Gasteiger charge is -2.18. The van der Waals surface area contributed by atoms with E-state index in [-0.39, 0.29) is 6.10 Å². The highest BCUT2D eigenvalue weighted by atomic mass is 32.1. The topological polar surface area (TPSA) is 9.23 Å². The Bertz CT molecular complexity index is 602. The largest absolute Gasteiger partial charge is 0.480 e. The molecule has 3 aromatic rings. The molecule has 0 aliphatic carbocycles. The summed E-state index contributed by atoms with van der Waals surface area (Å²) in [4.78, 5) is 1.22. The van der Waals surface area contributed by atoms with Gasteiger partial charge in [-0.05, 0) is 29.1 Å². The first-order valence-electron chi connectivity index (χ1n) is 6.23. The van der Waals surface area contributed by atoms with Crippen LogP contribution in [-0.2, 0) is 0 Å². The minimum Gasteiger partial charge on any atom is -0.480 e. The van der Waals surface area contributed by atoms with Crippen LogP contribution in [0.2, 0.25) is 0 Å². The molecule has 0 spiro atoms. The van der Waals surface area contributed by atoms with Crippen LogP contribution < -0.4 is 4.74 Å². The van der Waals surface area contributed by atoms with Crippen LogP contribution in [-0.4, -0.2) is 0 Å². The number of rotatable bonds is 4. The van der Waals surface area contributed by atoms with Gasteiger partial charge >= 0.3 is 0 Å². The summed E-state index contributed by atoms with van der Waals surface area (Å²) in [5.41, 5.74) is 1.17. The monoisotopic (exact) mass is 266 g/mol. The van der Waals surface area contributed by atoms with Gasteiger partial charge in [0.05, 0.1) is 0 Å². The highest BCUT2D eigenvalue weighted by Crippen LogP contribution is 2.30. The van der Waals surface area contributed by atoms with Gasteiger partial charge in [0.1, 0.15) is 5.75 Å². The van der Waals surface area contributed by atoms with E-state index in [9.17, 15) is 0 Å². The summed E-state index contributed by atoms with van der Waals surface area (Å²) in [6.07, 6.45) is -0.0383. The molecule has 0 aliphatic rings. The fraction of sp³-hybridized carbons (Fsp3) is 0.0588. The predicted octanol–water partition coefficient (Wildman–Crippen LogP) is 4.92. The fourth-order valence-corrected chi connectivity index (χ4v) is 2.77. The van der Waals surface area contributed by atoms with Gasteiger partial charge in [-0.3, -0.25) is 0 Å². The molecule has 2 aromatic carbocycles. The van der Waals surface area contributed by atoms with Crippen LogP contribution >= 0.6 is 11.3 Å². The average molecular weight is 266 g/mol. The van der Waals surface area contributed by atoms with Crippen LogP contribution in [0.4, 0.5) is 0 Å². The molecule has 0 N–H and O–H groups in total. The first-order chi connectivity index (χ1) is 9.43. The Morgan fingerprint density at radius 1 is 0.737 bits per heavy atom. The smallest absolute Gasteiger partial charge is 0.158 e. The summed E-state index contributed by atoms with van der Waals surface area (Å²) in [6, 6.07) is 24.5. The maximum Gasteiger partial charge on any atom is 0.158 e. The van der Waals surface area contributed by atoms with Crippen LogP contribution in [0.3, 0.4) is 0 Å². The zero-order valence-corrected chi connectivity index (χ0v) is 11.2. The SMILES string of the molecule is c1ccc(OC(c2ccccc2)c2cccs2)cc1. The first kappa shape index (κ1) is 12.0. The quantitative estimate of drug-likeness (QED) is 0.651. The number of hydrogen-bond acceptors (Lipinski definition) is 2. The van der Waals surface area contributed by atoms with Crippen molar-refractivity contribution in [3.63, 3.8) is 0 Å². The number of thiophene rings is 1. The summed E-state index contributed by atoms with van der Waals surface area (Å²) in [5, 5.41) is 2.08. The molecule has 1 aromatic heterocycles. The summed E-state index contributed by atoms with van der Waals surface area (Å²) in [7, 11) is 0. The summed E-state index contributed by atoms with van der Waals surface area (Å²) in [5.74, 6) is 0.893. The van der Waals surface area contributed by atoms with Crippen LogP contribution in [0, 0.1) is 0 Å². The first-order valence-corrected chi connectivity index (χ1v) is 7.11. The van der Waals surface area contributed by atoms with Crippen molar-refractivity contribution in [2.75, 3.05) is 0 Å². The Morgan fingerprint density at radius 3 is 2.05 bits per heavy atom. The van der Waals surface area contributed by atoms with E-state index >= 15 is 0 Å². The van der Waals surface area contributed by atoms with Gasteiger partial charge in [0.2, 0.25) is 0 Å². The van der Waals surface area contributed by atoms with E-state index in [1.54, 1.807) is 11.3 Å². The molecule has 19 heavy (non-hydrogen) atoms. The number of hydrogen-bond donors (Lipinski definition) is 0. The maximum absolute atomic E-state index is 6.16. The van der Waals surface area contributed by atoms with Crippen LogP contribution in [0.1, 0.15) is 16.5 Å². The van der Waals surface area contributed by atoms with Gasteiger partial charge in [0, 0.05) is 4.88 Å². The molecule has 1 atom stereocenters. The van der Waals surface area contributed by atoms with Gasteiger partial charge in [-0.15, -0.1) is 11.3 Å². The van der Waals surface area contributed by atoms with E-state index in [4.69, 9.17) is 4.74 Å². The minimum atomic E-state index is -0.0383. The zero-order chi connectivity index (χ0) is 12.9. The molecule has 94 valence electrons. The molecule has 3 rings (SSSR count). The third-order valence-electron chi connectivity index (χ3n) is 2.90. The fourth-order valence-electron chi connectivity index (χ4n) is 1.99. The number of ether oxygens (including phenoxy) is 1. The van der Waals surface area contributed by atoms with E-state index in [0.717, 1.165) is 5.75 Å². The lowest BCUT2D eigenvalue weighted by Crippen LogP contribution is -2.07. The van der Waals surface area contributed by atoms with Crippen LogP contribution in [0.25, 0.3) is 0 Å². The Kier molecular flexibility index (Phi) is 3.61. The van der Waals surface area contributed by atoms with Gasteiger partial charge in [-0.1, -0.05) is 54.6 Å². The van der Waals surface area contributed by atoms with Crippen molar-refractivity contribution in [2.45, 2.75) is 6.10 Å². The normalized spacial score (nSPS) is 12.0. The Labute approximate surface area is 117 Å². The summed E-state index contributed by atoms with van der Waals surface area (Å²) >= 11 is 1.72. The van der Waals surface area contributed by atoms with Crippen molar-refractivity contribution in [1.29, 1.82) is 0 Å². The molecular weight excluding hydrogens is 252 g/mol. The maximum atomic E-state index is 6.16. The van der Waals surface area contributed by atoms with Crippen molar-refractivity contribution < 1.29 is 4.74 Å². The van der Waals surface area contributed by atoms with E-state index in [2.05, 4.69) is 29.6 Å². The average Bonchev–Trinajstić information content (AvgIpc) is 3.01. The molecule has 0 bridgehead atoms. The van der Waals surface area contributed by atoms with Gasteiger partial charge in [0.25, 0.3) is 0 Å². The van der Waals surface area contributed by atoms with Crippen molar-refractivity contribution in [1.82, 2.24) is 0 Å². The van der Waals surface area contributed by atoms with E-state index in [1.165, 1.54) is 10.4 Å². The third kappa shape index (κ3) is 2.85. The highest BCUT2D eigenvalue weighted by molar-refractivity contribution is 7.10. The minimum absolute atomic E-state index is 0.0383. The van der Waals surface area contributed by atoms with Gasteiger partial charge in [-0.25, -0.2) is 0 Å². The second kappa shape index (κ2) is 5.72. The van der Waals surface area contributed by atoms with E-state index in [1.807, 2.05) is 48.5 Å². The Balaban J connectivity index is 1.94. The molecular formula is C17H14OS. The second-order valence-corrected chi connectivity index (χ2v) is 5.22. The molecule has 1 nitrogen and oxygen atoms in total. The Morgan fingerprint density at radius 2 is 1.42 bits per heavy atom. The molecule has 1 unspecified atom stereocenters. The number of benzene rings is 2. The highest BCUT2D eigenvalue weighted by Gasteiger charge is 2.16. The lowest BCUT2D eigenvalue weighted by molar-refractivity contribution is 0.251. The van der Waals surface area contributed by atoms with Gasteiger partial charge in [0.15, 0.2) is 6.10 Å². The molecule has 0 aliphatic heterocycles. The molecule has 2 heteroatoms. The Hall–Kier alpha value is -2.06. The summed E-state index contributed by atoms with van der Waals surface area (Å²) in [6.45, 7) is 0. The van der Waals surface area contributed by atoms with Crippen LogP contribution in [0.15, 0.2) is 78.2 Å². The second-order valence-electron chi connectivity index (χ2n) is 4.24. The van der Waals surface area contributed by atoms with Crippen LogP contribution in [0.5, 0.6) is 5.75 Å². The van der Waals surface area contributed by atoms with Gasteiger partial charge < -0.3 is 4.74 Å². The molecule has 0 radical (unpaired) electrons.